The molecular weight excluding hydrogens is 330 g/mol. The summed E-state index contributed by atoms with van der Waals surface area (Å²) in [7, 11) is 0. The zero-order valence-electron chi connectivity index (χ0n) is 12.8. The molecule has 0 radical (unpaired) electrons. The van der Waals surface area contributed by atoms with Gasteiger partial charge in [0.25, 0.3) is 5.56 Å². The first-order valence-electron chi connectivity index (χ1n) is 7.64. The highest BCUT2D eigenvalue weighted by Gasteiger charge is 2.19. The summed E-state index contributed by atoms with van der Waals surface area (Å²) in [4.78, 5) is 12.4. The molecule has 1 aliphatic heterocycles. The summed E-state index contributed by atoms with van der Waals surface area (Å²) in [5, 5.41) is 20.9. The van der Waals surface area contributed by atoms with Crippen LogP contribution in [0.15, 0.2) is 34.2 Å². The van der Waals surface area contributed by atoms with Crippen LogP contribution in [-0.2, 0) is 17.2 Å². The Kier molecular flexibility index (Phi) is 4.22. The number of tetrazole rings is 1. The fraction of sp³-hybridized carbons (Fsp3) is 0.429. The lowest BCUT2D eigenvalue weighted by Gasteiger charge is -2.10. The minimum absolute atomic E-state index is 0.149. The molecule has 1 fully saturated rings. The Morgan fingerprint density at radius 2 is 2.12 bits per heavy atom. The number of nitrogens with zero attached hydrogens (tertiary/aromatic N) is 7. The van der Waals surface area contributed by atoms with Gasteiger partial charge < -0.3 is 4.74 Å². The van der Waals surface area contributed by atoms with Gasteiger partial charge in [0, 0.05) is 6.61 Å². The highest BCUT2D eigenvalue weighted by atomic mass is 32.2. The Hall–Kier alpha value is -2.33. The Morgan fingerprint density at radius 1 is 1.21 bits per heavy atom. The molecule has 3 heterocycles. The average molecular weight is 345 g/mol. The smallest absolute Gasteiger partial charge is 0.278 e. The highest BCUT2D eigenvalue weighted by molar-refractivity contribution is 7.98. The van der Waals surface area contributed by atoms with Gasteiger partial charge in [-0.25, -0.2) is 4.68 Å². The molecule has 24 heavy (non-hydrogen) atoms. The van der Waals surface area contributed by atoms with Crippen molar-refractivity contribution in [2.45, 2.75) is 36.5 Å². The zero-order chi connectivity index (χ0) is 16.4. The van der Waals surface area contributed by atoms with Gasteiger partial charge in [0.2, 0.25) is 5.16 Å². The van der Waals surface area contributed by atoms with Crippen molar-refractivity contribution in [3.63, 3.8) is 0 Å². The van der Waals surface area contributed by atoms with Crippen molar-refractivity contribution in [3.05, 3.63) is 34.6 Å². The summed E-state index contributed by atoms with van der Waals surface area (Å²) in [6, 6.07) is 7.15. The van der Waals surface area contributed by atoms with Crippen LogP contribution in [0.3, 0.4) is 0 Å². The molecule has 0 unspecified atom stereocenters. The van der Waals surface area contributed by atoms with Crippen molar-refractivity contribution >= 4 is 22.7 Å². The Bertz CT molecular complexity index is 903. The number of hydrogen-bond donors (Lipinski definition) is 0. The molecule has 0 N–H and O–H groups in total. The highest BCUT2D eigenvalue weighted by Crippen LogP contribution is 2.19. The van der Waals surface area contributed by atoms with Crippen LogP contribution in [0.1, 0.15) is 12.8 Å². The summed E-state index contributed by atoms with van der Waals surface area (Å²) in [6.07, 6.45) is 2.23. The lowest BCUT2D eigenvalue weighted by atomic mass is 10.2. The van der Waals surface area contributed by atoms with Crippen molar-refractivity contribution in [1.29, 1.82) is 0 Å². The molecule has 2 aromatic heterocycles. The molecule has 3 aromatic rings. The summed E-state index contributed by atoms with van der Waals surface area (Å²) < 4.78 is 8.63. The van der Waals surface area contributed by atoms with Gasteiger partial charge in [-0.05, 0) is 35.4 Å². The number of hydrogen-bond acceptors (Lipinski definition) is 8. The van der Waals surface area contributed by atoms with Crippen molar-refractivity contribution in [3.8, 4) is 0 Å². The Labute approximate surface area is 141 Å². The Balaban J connectivity index is 1.50. The third-order valence-corrected chi connectivity index (χ3v) is 4.77. The van der Waals surface area contributed by atoms with Crippen molar-refractivity contribution in [1.82, 2.24) is 35.2 Å². The Morgan fingerprint density at radius 3 is 3.00 bits per heavy atom. The summed E-state index contributed by atoms with van der Waals surface area (Å²) in [5.74, 6) is 0.294. The molecule has 0 spiro atoms. The van der Waals surface area contributed by atoms with E-state index in [4.69, 9.17) is 4.74 Å². The maximum atomic E-state index is 12.4. The van der Waals surface area contributed by atoms with Crippen LogP contribution >= 0.6 is 11.8 Å². The molecule has 9 nitrogen and oxygen atoms in total. The quantitative estimate of drug-likeness (QED) is 0.623. The van der Waals surface area contributed by atoms with E-state index in [0.717, 1.165) is 19.4 Å². The average Bonchev–Trinajstić information content (AvgIpc) is 3.27. The summed E-state index contributed by atoms with van der Waals surface area (Å²) >= 11 is 1.34. The number of ether oxygens (including phenoxy) is 1. The van der Waals surface area contributed by atoms with E-state index in [0.29, 0.717) is 28.5 Å². The fourth-order valence-corrected chi connectivity index (χ4v) is 3.38. The number of rotatable bonds is 5. The molecule has 0 bridgehead atoms. The van der Waals surface area contributed by atoms with Crippen molar-refractivity contribution in [2.24, 2.45) is 0 Å². The minimum Gasteiger partial charge on any atom is -0.376 e. The molecule has 0 aliphatic carbocycles. The standard InChI is InChI=1S/C14H15N7O2S/c22-13-11-5-1-2-6-12(11)15-18-21(13)9-24-14-16-17-19-20(14)8-10-4-3-7-23-10/h1-2,5-6,10H,3-4,7-9H2/t10-/m0/s1. The molecule has 1 saturated heterocycles. The van der Waals surface area contributed by atoms with Gasteiger partial charge in [0.15, 0.2) is 0 Å². The van der Waals surface area contributed by atoms with Gasteiger partial charge in [-0.3, -0.25) is 4.79 Å². The first-order chi connectivity index (χ1) is 11.8. The van der Waals surface area contributed by atoms with Crippen molar-refractivity contribution < 1.29 is 4.74 Å². The summed E-state index contributed by atoms with van der Waals surface area (Å²) in [6.45, 7) is 1.41. The molecular formula is C14H15N7O2S. The molecule has 124 valence electrons. The van der Waals surface area contributed by atoms with E-state index < -0.39 is 0 Å². The molecule has 1 aliphatic rings. The first-order valence-corrected chi connectivity index (χ1v) is 8.63. The molecule has 10 heteroatoms. The van der Waals surface area contributed by atoms with Crippen LogP contribution in [0.25, 0.3) is 10.9 Å². The van der Waals surface area contributed by atoms with Crippen LogP contribution in [0.2, 0.25) is 0 Å². The van der Waals surface area contributed by atoms with E-state index in [1.807, 2.05) is 12.1 Å². The van der Waals surface area contributed by atoms with Crippen LogP contribution in [-0.4, -0.2) is 47.9 Å². The molecule has 0 saturated carbocycles. The van der Waals surface area contributed by atoms with E-state index in [2.05, 4.69) is 25.8 Å². The normalized spacial score (nSPS) is 17.6. The van der Waals surface area contributed by atoms with Gasteiger partial charge in [-0.15, -0.1) is 10.2 Å². The van der Waals surface area contributed by atoms with E-state index in [-0.39, 0.29) is 11.7 Å². The maximum absolute atomic E-state index is 12.4. The second-order valence-corrected chi connectivity index (χ2v) is 6.38. The first kappa shape index (κ1) is 15.2. The van der Waals surface area contributed by atoms with Crippen LogP contribution < -0.4 is 5.56 Å². The van der Waals surface area contributed by atoms with Crippen molar-refractivity contribution in [2.75, 3.05) is 6.61 Å². The molecule has 4 rings (SSSR count). The van der Waals surface area contributed by atoms with E-state index in [1.54, 1.807) is 16.8 Å². The monoisotopic (exact) mass is 345 g/mol. The third kappa shape index (κ3) is 3.02. The zero-order valence-corrected chi connectivity index (χ0v) is 13.6. The van der Waals surface area contributed by atoms with Gasteiger partial charge in [0.1, 0.15) is 5.52 Å². The topological polar surface area (TPSA) is 101 Å². The third-order valence-electron chi connectivity index (χ3n) is 3.84. The predicted octanol–water partition coefficient (Wildman–Crippen LogP) is 0.707. The number of fused-ring (bicyclic) bond motifs is 1. The molecule has 0 amide bonds. The van der Waals surface area contributed by atoms with Crippen LogP contribution in [0.5, 0.6) is 0 Å². The minimum atomic E-state index is -0.175. The SMILES string of the molecule is O=c1c2ccccc2nnn1CSc1nnnn1C[C@@H]1CCCO1. The predicted molar refractivity (Wildman–Crippen MR) is 86.4 cm³/mol. The number of aromatic nitrogens is 7. The lowest BCUT2D eigenvalue weighted by molar-refractivity contribution is 0.0911. The second-order valence-electron chi connectivity index (χ2n) is 5.46. The maximum Gasteiger partial charge on any atom is 0.278 e. The van der Waals surface area contributed by atoms with Gasteiger partial charge >= 0.3 is 0 Å². The van der Waals surface area contributed by atoms with Gasteiger partial charge in [0.05, 0.1) is 23.9 Å². The molecule has 1 atom stereocenters. The fourth-order valence-electron chi connectivity index (χ4n) is 2.62. The van der Waals surface area contributed by atoms with Crippen LogP contribution in [0.4, 0.5) is 0 Å². The van der Waals surface area contributed by atoms with E-state index in [9.17, 15) is 4.79 Å². The van der Waals surface area contributed by atoms with Crippen LogP contribution in [0, 0.1) is 0 Å². The lowest BCUT2D eigenvalue weighted by Crippen LogP contribution is -2.23. The van der Waals surface area contributed by atoms with E-state index in [1.165, 1.54) is 16.4 Å². The van der Waals surface area contributed by atoms with Gasteiger partial charge in [-0.1, -0.05) is 29.1 Å². The number of thioether (sulfide) groups is 1. The van der Waals surface area contributed by atoms with Gasteiger partial charge in [-0.2, -0.15) is 4.68 Å². The molecule has 1 aromatic carbocycles. The summed E-state index contributed by atoms with van der Waals surface area (Å²) in [5.41, 5.74) is 0.415. The second kappa shape index (κ2) is 6.65. The number of benzene rings is 1. The largest absolute Gasteiger partial charge is 0.376 e. The van der Waals surface area contributed by atoms with E-state index >= 15 is 0 Å².